The largest absolute Gasteiger partial charge is 0.378 e. The molecule has 1 aliphatic heterocycles. The van der Waals surface area contributed by atoms with Crippen LogP contribution in [0.1, 0.15) is 17.2 Å². The molecule has 3 rings (SSSR count). The Bertz CT molecular complexity index is 685. The van der Waals surface area contributed by atoms with Gasteiger partial charge in [0, 0.05) is 16.1 Å². The van der Waals surface area contributed by atoms with Crippen molar-refractivity contribution < 1.29 is 14.3 Å². The number of fused-ring (bicyclic) bond motifs is 1. The average molecular weight is 289 g/mol. The third-order valence-corrected chi connectivity index (χ3v) is 4.19. The van der Waals surface area contributed by atoms with Gasteiger partial charge in [-0.1, -0.05) is 29.5 Å². The second-order valence-electron chi connectivity index (χ2n) is 4.68. The summed E-state index contributed by atoms with van der Waals surface area (Å²) in [5.41, 5.74) is 1.90. The van der Waals surface area contributed by atoms with Crippen LogP contribution in [-0.4, -0.2) is 11.0 Å². The first kappa shape index (κ1) is 13.1. The molecule has 0 fully saturated rings. The molecule has 0 saturated carbocycles. The number of rotatable bonds is 2. The van der Waals surface area contributed by atoms with Crippen LogP contribution in [-0.2, 0) is 4.79 Å². The Kier molecular flexibility index (Phi) is 3.23. The minimum atomic E-state index is -1.28. The summed E-state index contributed by atoms with van der Waals surface area (Å²) >= 11 is 1.28. The highest BCUT2D eigenvalue weighted by molar-refractivity contribution is 7.99. The van der Waals surface area contributed by atoms with Crippen molar-refractivity contribution >= 4 is 23.4 Å². The lowest BCUT2D eigenvalue weighted by atomic mass is 10.1. The van der Waals surface area contributed by atoms with Crippen molar-refractivity contribution in [3.8, 4) is 0 Å². The van der Waals surface area contributed by atoms with E-state index in [-0.39, 0.29) is 0 Å². The van der Waals surface area contributed by atoms with Crippen molar-refractivity contribution in [2.24, 2.45) is 0 Å². The average Bonchev–Trinajstić information content (AvgIpc) is 2.69. The quantitative estimate of drug-likeness (QED) is 0.892. The van der Waals surface area contributed by atoms with Crippen LogP contribution in [0.5, 0.6) is 0 Å². The lowest BCUT2D eigenvalue weighted by Gasteiger charge is -2.07. The molecule has 1 heterocycles. The molecular weight excluding hydrogens is 277 g/mol. The number of aliphatic hydroxyl groups excluding tert-OH is 1. The molecule has 0 saturated heterocycles. The highest BCUT2D eigenvalue weighted by atomic mass is 32.2. The Balaban J connectivity index is 1.94. The molecule has 1 unspecified atom stereocenters. The fourth-order valence-electron chi connectivity index (χ4n) is 2.06. The maximum absolute atomic E-state index is 14.0. The van der Waals surface area contributed by atoms with Crippen molar-refractivity contribution in [2.45, 2.75) is 22.8 Å². The van der Waals surface area contributed by atoms with Gasteiger partial charge in [0.2, 0.25) is 0 Å². The molecule has 0 radical (unpaired) electrons. The second kappa shape index (κ2) is 4.92. The number of halogens is 1. The van der Waals surface area contributed by atoms with Crippen LogP contribution >= 0.6 is 11.8 Å². The molecule has 1 aliphatic rings. The van der Waals surface area contributed by atoms with Gasteiger partial charge in [-0.25, -0.2) is 4.39 Å². The predicted molar refractivity (Wildman–Crippen MR) is 75.3 cm³/mol. The summed E-state index contributed by atoms with van der Waals surface area (Å²) in [7, 11) is 0. The van der Waals surface area contributed by atoms with Crippen LogP contribution < -0.4 is 5.32 Å². The number of anilines is 1. The molecule has 2 aromatic rings. The molecule has 5 heteroatoms. The molecule has 0 spiro atoms. The molecule has 3 nitrogen and oxygen atoms in total. The van der Waals surface area contributed by atoms with E-state index in [9.17, 15) is 14.3 Å². The molecule has 2 N–H and O–H groups in total. The van der Waals surface area contributed by atoms with E-state index in [1.54, 1.807) is 6.07 Å². The van der Waals surface area contributed by atoms with Crippen molar-refractivity contribution in [1.82, 2.24) is 0 Å². The Morgan fingerprint density at radius 2 is 1.95 bits per heavy atom. The molecule has 20 heavy (non-hydrogen) atoms. The Hall–Kier alpha value is -1.85. The van der Waals surface area contributed by atoms with E-state index in [4.69, 9.17) is 0 Å². The lowest BCUT2D eigenvalue weighted by molar-refractivity contribution is -0.123. The smallest absolute Gasteiger partial charge is 0.257 e. The number of carbonyl (C=O) groups is 1. The molecule has 0 bridgehead atoms. The van der Waals surface area contributed by atoms with Crippen molar-refractivity contribution in [2.75, 3.05) is 5.32 Å². The minimum Gasteiger partial charge on any atom is -0.378 e. The first-order valence-electron chi connectivity index (χ1n) is 6.11. The van der Waals surface area contributed by atoms with E-state index in [2.05, 4.69) is 5.32 Å². The first-order valence-corrected chi connectivity index (χ1v) is 6.93. The number of aliphatic hydroxyl groups is 1. The SMILES string of the molecule is Cc1ccc(Sc2cc3c(cc2F)C(O)C(=O)N3)cc1. The van der Waals surface area contributed by atoms with Crippen LogP contribution in [0, 0.1) is 12.7 Å². The Morgan fingerprint density at radius 3 is 2.65 bits per heavy atom. The summed E-state index contributed by atoms with van der Waals surface area (Å²) in [6, 6.07) is 10.5. The van der Waals surface area contributed by atoms with Crippen LogP contribution in [0.4, 0.5) is 10.1 Å². The highest BCUT2D eigenvalue weighted by Crippen LogP contribution is 2.38. The van der Waals surface area contributed by atoms with Crippen molar-refractivity contribution in [3.63, 3.8) is 0 Å². The van der Waals surface area contributed by atoms with E-state index < -0.39 is 17.8 Å². The van der Waals surface area contributed by atoms with Gasteiger partial charge in [0.15, 0.2) is 6.10 Å². The second-order valence-corrected chi connectivity index (χ2v) is 5.79. The summed E-state index contributed by atoms with van der Waals surface area (Å²) in [6.07, 6.45) is -1.28. The van der Waals surface area contributed by atoms with Crippen LogP contribution in [0.15, 0.2) is 46.2 Å². The summed E-state index contributed by atoms with van der Waals surface area (Å²) in [5.74, 6) is -0.957. The number of benzene rings is 2. The normalized spacial score (nSPS) is 16.9. The number of hydrogen-bond acceptors (Lipinski definition) is 3. The van der Waals surface area contributed by atoms with Gasteiger partial charge in [0.25, 0.3) is 5.91 Å². The minimum absolute atomic E-state index is 0.292. The summed E-state index contributed by atoms with van der Waals surface area (Å²) in [6.45, 7) is 1.99. The third-order valence-electron chi connectivity index (χ3n) is 3.15. The standard InChI is InChI=1S/C15H12FNO2S/c1-8-2-4-9(5-3-8)20-13-7-12-10(6-11(13)16)14(18)15(19)17-12/h2-7,14,18H,1H3,(H,17,19). The number of carbonyl (C=O) groups excluding carboxylic acids is 1. The molecule has 102 valence electrons. The molecule has 1 atom stereocenters. The van der Waals surface area contributed by atoms with E-state index in [1.165, 1.54) is 17.8 Å². The van der Waals surface area contributed by atoms with Crippen LogP contribution in [0.3, 0.4) is 0 Å². The molecule has 0 aliphatic carbocycles. The van der Waals surface area contributed by atoms with Gasteiger partial charge in [-0.2, -0.15) is 0 Å². The molecular formula is C15H12FNO2S. The Labute approximate surface area is 119 Å². The van der Waals surface area contributed by atoms with Crippen molar-refractivity contribution in [1.29, 1.82) is 0 Å². The fourth-order valence-corrected chi connectivity index (χ4v) is 2.92. The number of nitrogens with one attached hydrogen (secondary N) is 1. The monoisotopic (exact) mass is 289 g/mol. The van der Waals surface area contributed by atoms with E-state index >= 15 is 0 Å². The lowest BCUT2D eigenvalue weighted by Crippen LogP contribution is -2.10. The summed E-state index contributed by atoms with van der Waals surface area (Å²) in [5, 5.41) is 12.1. The van der Waals surface area contributed by atoms with Crippen LogP contribution in [0.25, 0.3) is 0 Å². The van der Waals surface area contributed by atoms with Gasteiger partial charge in [-0.15, -0.1) is 0 Å². The van der Waals surface area contributed by atoms with Gasteiger partial charge in [-0.05, 0) is 31.2 Å². The van der Waals surface area contributed by atoms with E-state index in [0.717, 1.165) is 10.5 Å². The molecule has 1 amide bonds. The summed E-state index contributed by atoms with van der Waals surface area (Å²) in [4.78, 5) is 12.7. The number of aryl methyl sites for hydroxylation is 1. The van der Waals surface area contributed by atoms with Gasteiger partial charge < -0.3 is 10.4 Å². The number of amides is 1. The third kappa shape index (κ3) is 2.30. The molecule has 0 aromatic heterocycles. The number of hydrogen-bond donors (Lipinski definition) is 2. The van der Waals surface area contributed by atoms with E-state index in [0.29, 0.717) is 16.1 Å². The fraction of sp³-hybridized carbons (Fsp3) is 0.133. The van der Waals surface area contributed by atoms with Gasteiger partial charge in [0.1, 0.15) is 5.82 Å². The van der Waals surface area contributed by atoms with Crippen LogP contribution in [0.2, 0.25) is 0 Å². The topological polar surface area (TPSA) is 49.3 Å². The summed E-state index contributed by atoms with van der Waals surface area (Å²) < 4.78 is 14.0. The zero-order chi connectivity index (χ0) is 14.3. The van der Waals surface area contributed by atoms with E-state index in [1.807, 2.05) is 31.2 Å². The highest BCUT2D eigenvalue weighted by Gasteiger charge is 2.29. The van der Waals surface area contributed by atoms with Gasteiger partial charge in [-0.3, -0.25) is 4.79 Å². The van der Waals surface area contributed by atoms with Crippen molar-refractivity contribution in [3.05, 3.63) is 53.3 Å². The zero-order valence-corrected chi connectivity index (χ0v) is 11.5. The zero-order valence-electron chi connectivity index (χ0n) is 10.7. The molecule has 2 aromatic carbocycles. The first-order chi connectivity index (χ1) is 9.54. The predicted octanol–water partition coefficient (Wildman–Crippen LogP) is 3.27. The van der Waals surface area contributed by atoms with Gasteiger partial charge in [0.05, 0.1) is 4.90 Å². The Morgan fingerprint density at radius 1 is 1.25 bits per heavy atom. The van der Waals surface area contributed by atoms with Gasteiger partial charge >= 0.3 is 0 Å². The maximum Gasteiger partial charge on any atom is 0.257 e. The maximum atomic E-state index is 14.0.